The van der Waals surface area contributed by atoms with Gasteiger partial charge in [-0.25, -0.2) is 4.39 Å². The number of ether oxygens (including phenoxy) is 1. The zero-order chi connectivity index (χ0) is 23.4. The number of hydrogen-bond acceptors (Lipinski definition) is 6. The molecule has 0 radical (unpaired) electrons. The molecule has 1 aliphatic heterocycles. The molecule has 1 aromatic heterocycles. The first-order valence-electron chi connectivity index (χ1n) is 10.6. The molecular weight excluding hydrogens is 439 g/mol. The van der Waals surface area contributed by atoms with Crippen LogP contribution in [0.4, 0.5) is 10.2 Å². The van der Waals surface area contributed by atoms with Crippen molar-refractivity contribution in [3.63, 3.8) is 0 Å². The number of hydrogen-bond donors (Lipinski definition) is 1. The minimum Gasteiger partial charge on any atom is -0.384 e. The number of nitrogen functional groups attached to an aromatic ring is 1. The highest BCUT2D eigenvalue weighted by Crippen LogP contribution is 2.16. The molecule has 0 amide bonds. The highest BCUT2D eigenvalue weighted by molar-refractivity contribution is 7.71. The lowest BCUT2D eigenvalue weighted by Crippen LogP contribution is -2.43. The Morgan fingerprint density at radius 1 is 1.21 bits per heavy atom. The monoisotopic (exact) mass is 464 g/mol. The lowest BCUT2D eigenvalue weighted by atomic mass is 10.2. The highest BCUT2D eigenvalue weighted by Gasteiger charge is 2.21. The second-order valence-corrected chi connectivity index (χ2v) is 8.27. The van der Waals surface area contributed by atoms with Gasteiger partial charge in [-0.2, -0.15) is 5.26 Å². The molecular formula is C24H25FN6OS. The minimum absolute atomic E-state index is 0.137. The Labute approximate surface area is 196 Å². The van der Waals surface area contributed by atoms with Crippen molar-refractivity contribution in [1.82, 2.24) is 14.0 Å². The average Bonchev–Trinajstić information content (AvgIpc) is 2.83. The number of nitrogens with zero attached hydrogens (tertiary/aromatic N) is 5. The van der Waals surface area contributed by atoms with E-state index in [0.717, 1.165) is 17.8 Å². The molecule has 0 spiro atoms. The van der Waals surface area contributed by atoms with Crippen LogP contribution in [-0.4, -0.2) is 46.4 Å². The Kier molecular flexibility index (Phi) is 6.99. The first-order chi connectivity index (χ1) is 16.0. The van der Waals surface area contributed by atoms with Gasteiger partial charge in [-0.3, -0.25) is 14.5 Å². The van der Waals surface area contributed by atoms with Crippen LogP contribution in [0, 0.1) is 21.9 Å². The van der Waals surface area contributed by atoms with Crippen LogP contribution in [0.2, 0.25) is 0 Å². The Hall–Kier alpha value is -3.32. The number of halogens is 1. The van der Waals surface area contributed by atoms with Crippen molar-refractivity contribution < 1.29 is 9.13 Å². The summed E-state index contributed by atoms with van der Waals surface area (Å²) in [6.07, 6.45) is -0.137. The zero-order valence-electron chi connectivity index (χ0n) is 18.3. The Morgan fingerprint density at radius 3 is 2.64 bits per heavy atom. The van der Waals surface area contributed by atoms with Crippen molar-refractivity contribution in [2.75, 3.05) is 32.0 Å². The number of anilines is 1. The number of benzene rings is 2. The third kappa shape index (κ3) is 5.03. The molecule has 170 valence electrons. The van der Waals surface area contributed by atoms with Gasteiger partial charge in [0.15, 0.2) is 10.3 Å². The maximum atomic E-state index is 13.2. The van der Waals surface area contributed by atoms with E-state index < -0.39 is 0 Å². The largest absolute Gasteiger partial charge is 0.384 e. The van der Waals surface area contributed by atoms with E-state index in [9.17, 15) is 9.65 Å². The molecule has 0 saturated carbocycles. The molecule has 1 aliphatic rings. The molecule has 33 heavy (non-hydrogen) atoms. The van der Waals surface area contributed by atoms with Gasteiger partial charge in [-0.05, 0) is 42.0 Å². The first kappa shape index (κ1) is 22.9. The van der Waals surface area contributed by atoms with Crippen LogP contribution >= 0.6 is 12.2 Å². The molecule has 1 saturated heterocycles. The van der Waals surface area contributed by atoms with Gasteiger partial charge < -0.3 is 15.0 Å². The third-order valence-electron chi connectivity index (χ3n) is 5.63. The average molecular weight is 465 g/mol. The van der Waals surface area contributed by atoms with Gasteiger partial charge in [0, 0.05) is 32.4 Å². The molecule has 1 fully saturated rings. The minimum atomic E-state index is -0.240. The van der Waals surface area contributed by atoms with Crippen molar-refractivity contribution >= 4 is 18.0 Å². The summed E-state index contributed by atoms with van der Waals surface area (Å²) >= 11 is 5.64. The van der Waals surface area contributed by atoms with E-state index in [4.69, 9.17) is 22.7 Å². The summed E-state index contributed by atoms with van der Waals surface area (Å²) in [5.41, 5.74) is 8.90. The maximum absolute atomic E-state index is 13.2. The van der Waals surface area contributed by atoms with E-state index in [1.54, 1.807) is 28.3 Å². The van der Waals surface area contributed by atoms with Gasteiger partial charge in [0.2, 0.25) is 0 Å². The first-order valence-corrected chi connectivity index (χ1v) is 11.0. The molecule has 4 rings (SSSR count). The summed E-state index contributed by atoms with van der Waals surface area (Å²) in [6.45, 7) is 3.13. The summed E-state index contributed by atoms with van der Waals surface area (Å²) in [7, 11) is 1.78. The van der Waals surface area contributed by atoms with Crippen LogP contribution in [0.25, 0.3) is 5.69 Å². The molecule has 2 aromatic carbocycles. The highest BCUT2D eigenvalue weighted by atomic mass is 32.1. The Bertz CT molecular complexity index is 1290. The van der Waals surface area contributed by atoms with Gasteiger partial charge in [0.1, 0.15) is 23.3 Å². The lowest BCUT2D eigenvalue weighted by Gasteiger charge is -2.32. The van der Waals surface area contributed by atoms with E-state index in [2.05, 4.69) is 16.0 Å². The van der Waals surface area contributed by atoms with E-state index >= 15 is 0 Å². The predicted octanol–water partition coefficient (Wildman–Crippen LogP) is 2.94. The number of nitriles is 1. The van der Waals surface area contributed by atoms with Crippen LogP contribution in [0.3, 0.4) is 0 Å². The zero-order valence-corrected chi connectivity index (χ0v) is 19.1. The van der Waals surface area contributed by atoms with Crippen LogP contribution < -0.4 is 11.2 Å². The number of para-hydroxylation sites is 1. The number of morpholine rings is 1. The Morgan fingerprint density at radius 2 is 1.94 bits per heavy atom. The smallest absolute Gasteiger partial charge is 0.187 e. The lowest BCUT2D eigenvalue weighted by molar-refractivity contribution is -0.0262. The molecule has 3 aromatic rings. The third-order valence-corrected chi connectivity index (χ3v) is 6.09. The topological polar surface area (TPSA) is 84.5 Å². The van der Waals surface area contributed by atoms with Crippen LogP contribution in [0.1, 0.15) is 11.1 Å². The van der Waals surface area contributed by atoms with Crippen LogP contribution in [0.15, 0.2) is 59.6 Å². The van der Waals surface area contributed by atoms with Crippen molar-refractivity contribution in [2.24, 2.45) is 12.0 Å². The molecule has 1 atom stereocenters. The fourth-order valence-corrected chi connectivity index (χ4v) is 4.22. The molecule has 0 bridgehead atoms. The fourth-order valence-electron chi connectivity index (χ4n) is 3.93. The Balaban J connectivity index is 1.58. The SMILES string of the molecule is Cn1c(=NCC2CN(Cc3ccc(F)cc3)CCO2)c(C#N)c(N)n(-c2ccccc2)c1=S. The second kappa shape index (κ2) is 10.1. The number of rotatable bonds is 5. The van der Waals surface area contributed by atoms with Gasteiger partial charge in [-0.15, -0.1) is 0 Å². The number of nitrogens with two attached hydrogens (primary N) is 1. The summed E-state index contributed by atoms with van der Waals surface area (Å²) in [4.78, 5) is 6.94. The molecule has 2 heterocycles. The molecule has 9 heteroatoms. The predicted molar refractivity (Wildman–Crippen MR) is 127 cm³/mol. The quantitative estimate of drug-likeness (QED) is 0.587. The van der Waals surface area contributed by atoms with Crippen LogP contribution in [0.5, 0.6) is 0 Å². The van der Waals surface area contributed by atoms with Crippen molar-refractivity contribution in [3.8, 4) is 11.8 Å². The van der Waals surface area contributed by atoms with E-state index in [1.165, 1.54) is 12.1 Å². The van der Waals surface area contributed by atoms with Crippen molar-refractivity contribution in [2.45, 2.75) is 12.6 Å². The molecule has 1 unspecified atom stereocenters. The van der Waals surface area contributed by atoms with E-state index in [-0.39, 0.29) is 23.3 Å². The molecule has 0 aliphatic carbocycles. The van der Waals surface area contributed by atoms with Gasteiger partial charge >= 0.3 is 0 Å². The number of aromatic nitrogens is 2. The van der Waals surface area contributed by atoms with Gasteiger partial charge in [0.05, 0.1) is 19.3 Å². The van der Waals surface area contributed by atoms with E-state index in [0.29, 0.717) is 36.5 Å². The standard InChI is InChI=1S/C24H25FN6OS/c1-29-23(21(13-26)22(27)31(24(29)33)19-5-3-2-4-6-19)28-14-20-16-30(11-12-32-20)15-17-7-9-18(25)10-8-17/h2-10,20H,11-12,14-16,27H2,1H3. The summed E-state index contributed by atoms with van der Waals surface area (Å²) in [6, 6.07) is 18.2. The second-order valence-electron chi connectivity index (χ2n) is 7.90. The molecule has 2 N–H and O–H groups in total. The summed E-state index contributed by atoms with van der Waals surface area (Å²) in [5.74, 6) is 0.0171. The van der Waals surface area contributed by atoms with Crippen LogP contribution in [-0.2, 0) is 18.3 Å². The summed E-state index contributed by atoms with van der Waals surface area (Å²) < 4.78 is 22.9. The fraction of sp³-hybridized carbons (Fsp3) is 0.292. The maximum Gasteiger partial charge on any atom is 0.187 e. The van der Waals surface area contributed by atoms with E-state index in [1.807, 2.05) is 30.3 Å². The van der Waals surface area contributed by atoms with Gasteiger partial charge in [0.25, 0.3) is 0 Å². The normalized spacial score (nSPS) is 17.1. The molecule has 7 nitrogen and oxygen atoms in total. The van der Waals surface area contributed by atoms with Gasteiger partial charge in [-0.1, -0.05) is 30.3 Å². The van der Waals surface area contributed by atoms with Crippen molar-refractivity contribution in [3.05, 3.63) is 81.8 Å². The summed E-state index contributed by atoms with van der Waals surface area (Å²) in [5, 5.41) is 9.83. The van der Waals surface area contributed by atoms with Crippen molar-refractivity contribution in [1.29, 1.82) is 5.26 Å².